The van der Waals surface area contributed by atoms with Crippen molar-refractivity contribution in [3.63, 3.8) is 0 Å². The zero-order valence-electron chi connectivity index (χ0n) is 13.5. The minimum absolute atomic E-state index is 0.0733. The van der Waals surface area contributed by atoms with Gasteiger partial charge in [0.2, 0.25) is 5.91 Å². The van der Waals surface area contributed by atoms with Crippen LogP contribution in [0.4, 0.5) is 0 Å². The van der Waals surface area contributed by atoms with E-state index in [0.717, 1.165) is 5.56 Å². The predicted octanol–water partition coefficient (Wildman–Crippen LogP) is 0.368. The highest BCUT2D eigenvalue weighted by atomic mass is 35.5. The molecular formula is C16H20ClNO6S. The quantitative estimate of drug-likeness (QED) is 0.684. The third-order valence-corrected chi connectivity index (χ3v) is 5.91. The lowest BCUT2D eigenvalue weighted by Crippen LogP contribution is -2.60. The summed E-state index contributed by atoms with van der Waals surface area (Å²) in [7, 11) is 1.34. The van der Waals surface area contributed by atoms with Crippen LogP contribution in [0.15, 0.2) is 24.3 Å². The topological polar surface area (TPSA) is 99.5 Å². The van der Waals surface area contributed by atoms with Gasteiger partial charge in [0.15, 0.2) is 6.29 Å². The van der Waals surface area contributed by atoms with Crippen LogP contribution in [0.3, 0.4) is 0 Å². The average Bonchev–Trinajstić information content (AvgIpc) is 2.97. The molecule has 0 aliphatic carbocycles. The van der Waals surface area contributed by atoms with E-state index < -0.39 is 30.7 Å². The summed E-state index contributed by atoms with van der Waals surface area (Å²) in [5, 5.41) is 30.4. The number of thioether (sulfide) groups is 1. The highest BCUT2D eigenvalue weighted by Gasteiger charge is 2.46. The van der Waals surface area contributed by atoms with Crippen molar-refractivity contribution in [1.29, 1.82) is 0 Å². The van der Waals surface area contributed by atoms with Crippen molar-refractivity contribution in [2.45, 2.75) is 36.1 Å². The Balaban J connectivity index is 1.77. The molecule has 0 saturated carbocycles. The molecule has 2 heterocycles. The molecule has 6 atom stereocenters. The van der Waals surface area contributed by atoms with Gasteiger partial charge in [-0.25, -0.2) is 0 Å². The summed E-state index contributed by atoms with van der Waals surface area (Å²) >= 11 is 7.38. The van der Waals surface area contributed by atoms with Crippen LogP contribution in [0.2, 0.25) is 5.02 Å². The lowest BCUT2D eigenvalue weighted by atomic mass is 9.98. The van der Waals surface area contributed by atoms with Gasteiger partial charge in [-0.15, -0.1) is 11.8 Å². The number of hydrogen-bond acceptors (Lipinski definition) is 7. The number of carbonyl (C=O) groups excluding carboxylic acids is 1. The summed E-state index contributed by atoms with van der Waals surface area (Å²) in [4.78, 5) is 13.9. The third kappa shape index (κ3) is 3.80. The van der Waals surface area contributed by atoms with Gasteiger partial charge < -0.3 is 29.7 Å². The zero-order chi connectivity index (χ0) is 18.1. The van der Waals surface area contributed by atoms with Gasteiger partial charge in [-0.1, -0.05) is 23.7 Å². The van der Waals surface area contributed by atoms with E-state index in [1.165, 1.54) is 18.9 Å². The first-order chi connectivity index (χ1) is 11.9. The summed E-state index contributed by atoms with van der Waals surface area (Å²) in [6.45, 7) is 0.0733. The second-order valence-electron chi connectivity index (χ2n) is 6.01. The largest absolute Gasteiger partial charge is 0.388 e. The monoisotopic (exact) mass is 389 g/mol. The summed E-state index contributed by atoms with van der Waals surface area (Å²) < 4.78 is 10.5. The van der Waals surface area contributed by atoms with E-state index >= 15 is 0 Å². The van der Waals surface area contributed by atoms with Crippen LogP contribution < -0.4 is 0 Å². The molecule has 2 fully saturated rings. The van der Waals surface area contributed by atoms with Crippen molar-refractivity contribution < 1.29 is 29.6 Å². The van der Waals surface area contributed by atoms with E-state index in [4.69, 9.17) is 21.1 Å². The van der Waals surface area contributed by atoms with E-state index in [1.54, 1.807) is 17.0 Å². The smallest absolute Gasteiger partial charge is 0.233 e. The first-order valence-corrected chi connectivity index (χ1v) is 9.24. The van der Waals surface area contributed by atoms with Crippen molar-refractivity contribution >= 4 is 29.3 Å². The number of benzene rings is 1. The molecule has 3 N–H and O–H groups in total. The highest BCUT2D eigenvalue weighted by molar-refractivity contribution is 8.00. The molecule has 2 aliphatic heterocycles. The molecule has 7 nitrogen and oxygen atoms in total. The maximum Gasteiger partial charge on any atom is 0.233 e. The molecule has 0 aromatic heterocycles. The van der Waals surface area contributed by atoms with Crippen LogP contribution in [0.25, 0.3) is 0 Å². The van der Waals surface area contributed by atoms with Crippen molar-refractivity contribution in [2.75, 3.05) is 19.4 Å². The van der Waals surface area contributed by atoms with Crippen LogP contribution >= 0.6 is 23.4 Å². The number of amides is 1. The van der Waals surface area contributed by atoms with Crippen molar-refractivity contribution in [1.82, 2.24) is 4.90 Å². The van der Waals surface area contributed by atoms with Gasteiger partial charge in [-0.3, -0.25) is 4.79 Å². The van der Waals surface area contributed by atoms with Gasteiger partial charge in [0.25, 0.3) is 0 Å². The van der Waals surface area contributed by atoms with E-state index in [0.29, 0.717) is 10.8 Å². The molecule has 2 saturated heterocycles. The summed E-state index contributed by atoms with van der Waals surface area (Å²) in [6, 6.07) is 7.21. The molecule has 1 aromatic carbocycles. The summed E-state index contributed by atoms with van der Waals surface area (Å²) in [5.74, 6) is 0.227. The lowest BCUT2D eigenvalue weighted by Gasteiger charge is -2.41. The molecule has 1 aromatic rings. The Morgan fingerprint density at radius 1 is 1.24 bits per heavy atom. The van der Waals surface area contributed by atoms with Crippen LogP contribution in [0, 0.1) is 0 Å². The van der Waals surface area contributed by atoms with Gasteiger partial charge in [0.05, 0.1) is 12.3 Å². The van der Waals surface area contributed by atoms with Crippen molar-refractivity contribution in [3.05, 3.63) is 34.9 Å². The van der Waals surface area contributed by atoms with E-state index in [2.05, 4.69) is 0 Å². The Morgan fingerprint density at radius 2 is 1.92 bits per heavy atom. The molecule has 9 heteroatoms. The van der Waals surface area contributed by atoms with Crippen LogP contribution in [0.5, 0.6) is 0 Å². The molecule has 0 unspecified atom stereocenters. The van der Waals surface area contributed by atoms with Crippen molar-refractivity contribution in [3.8, 4) is 0 Å². The van der Waals surface area contributed by atoms with E-state index in [1.807, 2.05) is 12.1 Å². The molecule has 3 rings (SSSR count). The first-order valence-electron chi connectivity index (χ1n) is 7.81. The lowest BCUT2D eigenvalue weighted by molar-refractivity contribution is -0.291. The SMILES string of the molecule is CO[C@H]1O[C@H](CN2C(=O)CS[C@@H]2c2ccc(Cl)cc2)[C@@H](O)[C@H](O)[C@H]1O. The molecule has 0 radical (unpaired) electrons. The molecule has 1 amide bonds. The molecule has 2 aliphatic rings. The molecule has 0 spiro atoms. The summed E-state index contributed by atoms with van der Waals surface area (Å²) in [6.07, 6.45) is -6.04. The number of carbonyl (C=O) groups is 1. The van der Waals surface area contributed by atoms with Gasteiger partial charge >= 0.3 is 0 Å². The first kappa shape index (κ1) is 18.9. The second-order valence-corrected chi connectivity index (χ2v) is 7.52. The number of methoxy groups -OCH3 is 1. The van der Waals surface area contributed by atoms with Gasteiger partial charge in [0.1, 0.15) is 29.8 Å². The normalized spacial score (nSPS) is 36.0. The fourth-order valence-electron chi connectivity index (χ4n) is 3.01. The Hall–Kier alpha value is -0.870. The Labute approximate surface area is 154 Å². The molecule has 25 heavy (non-hydrogen) atoms. The maximum atomic E-state index is 12.3. The Kier molecular flexibility index (Phi) is 5.89. The maximum absolute atomic E-state index is 12.3. The number of hydrogen-bond donors (Lipinski definition) is 3. The molecule has 0 bridgehead atoms. The zero-order valence-corrected chi connectivity index (χ0v) is 15.1. The number of ether oxygens (including phenoxy) is 2. The fraction of sp³-hybridized carbons (Fsp3) is 0.562. The second kappa shape index (κ2) is 7.79. The van der Waals surface area contributed by atoms with Gasteiger partial charge in [-0.2, -0.15) is 0 Å². The Morgan fingerprint density at radius 3 is 2.56 bits per heavy atom. The Bertz CT molecular complexity index is 615. The highest BCUT2D eigenvalue weighted by Crippen LogP contribution is 2.39. The van der Waals surface area contributed by atoms with Crippen molar-refractivity contribution in [2.24, 2.45) is 0 Å². The standard InChI is InChI=1S/C16H20ClNO6S/c1-23-16-14(22)13(21)12(20)10(24-16)6-18-11(19)7-25-15(18)8-2-4-9(17)5-3-8/h2-5,10,12-16,20-22H,6-7H2,1H3/t10-,12-,13+,14-,15-,16+/m1/s1. The minimum Gasteiger partial charge on any atom is -0.388 e. The number of rotatable bonds is 4. The van der Waals surface area contributed by atoms with E-state index in [9.17, 15) is 20.1 Å². The number of aliphatic hydroxyl groups excluding tert-OH is 3. The minimum atomic E-state index is -1.41. The van der Waals surface area contributed by atoms with Crippen LogP contribution in [-0.4, -0.2) is 76.2 Å². The molecule has 138 valence electrons. The van der Waals surface area contributed by atoms with Gasteiger partial charge in [0, 0.05) is 12.1 Å². The third-order valence-electron chi connectivity index (χ3n) is 4.40. The molecular weight excluding hydrogens is 370 g/mol. The number of halogens is 1. The van der Waals surface area contributed by atoms with Gasteiger partial charge in [-0.05, 0) is 17.7 Å². The van der Waals surface area contributed by atoms with Crippen LogP contribution in [0.1, 0.15) is 10.9 Å². The fourth-order valence-corrected chi connectivity index (χ4v) is 4.34. The predicted molar refractivity (Wildman–Crippen MR) is 92.1 cm³/mol. The van der Waals surface area contributed by atoms with Crippen LogP contribution in [-0.2, 0) is 14.3 Å². The average molecular weight is 390 g/mol. The summed E-state index contributed by atoms with van der Waals surface area (Å²) in [5.41, 5.74) is 0.912. The number of nitrogens with zero attached hydrogens (tertiary/aromatic N) is 1. The van der Waals surface area contributed by atoms with E-state index in [-0.39, 0.29) is 17.8 Å². The number of aliphatic hydroxyl groups is 3.